The van der Waals surface area contributed by atoms with Crippen molar-refractivity contribution in [3.8, 4) is 0 Å². The summed E-state index contributed by atoms with van der Waals surface area (Å²) in [4.78, 5) is 17.2. The third kappa shape index (κ3) is 4.17. The number of likely N-dealkylation sites (tertiary alicyclic amines) is 1. The highest BCUT2D eigenvalue weighted by atomic mass is 19.1. The predicted molar refractivity (Wildman–Crippen MR) is 144 cm³/mol. The van der Waals surface area contributed by atoms with Gasteiger partial charge in [-0.05, 0) is 61.7 Å². The van der Waals surface area contributed by atoms with Gasteiger partial charge in [-0.1, -0.05) is 24.3 Å². The zero-order chi connectivity index (χ0) is 25.7. The van der Waals surface area contributed by atoms with Crippen molar-refractivity contribution in [1.29, 1.82) is 0 Å². The van der Waals surface area contributed by atoms with Crippen molar-refractivity contribution in [3.05, 3.63) is 95.2 Å². The summed E-state index contributed by atoms with van der Waals surface area (Å²) in [6, 6.07) is 15.3. The number of para-hydroxylation sites is 1. The van der Waals surface area contributed by atoms with Crippen LogP contribution < -0.4 is 16.8 Å². The number of benzene rings is 2. The van der Waals surface area contributed by atoms with Gasteiger partial charge < -0.3 is 31.2 Å². The summed E-state index contributed by atoms with van der Waals surface area (Å²) in [5.41, 5.74) is 17.9. The number of nitrogens with one attached hydrogen (secondary N) is 1. The van der Waals surface area contributed by atoms with Crippen LogP contribution in [0, 0.1) is 5.82 Å². The number of nitrogens with two attached hydrogens (primary N) is 2. The number of nitrogens with zero attached hydrogens (tertiary/aromatic N) is 3. The molecule has 1 saturated heterocycles. The van der Waals surface area contributed by atoms with Gasteiger partial charge >= 0.3 is 0 Å². The van der Waals surface area contributed by atoms with Crippen molar-refractivity contribution in [2.45, 2.75) is 38.5 Å². The lowest BCUT2D eigenvalue weighted by molar-refractivity contribution is -0.128. The van der Waals surface area contributed by atoms with E-state index >= 15 is 0 Å². The molecule has 2 unspecified atom stereocenters. The highest BCUT2D eigenvalue weighted by molar-refractivity contribution is 5.97. The van der Waals surface area contributed by atoms with E-state index in [0.29, 0.717) is 18.7 Å². The molecule has 0 aliphatic carbocycles. The summed E-state index contributed by atoms with van der Waals surface area (Å²) in [5.74, 6) is -0.383. The fourth-order valence-corrected chi connectivity index (χ4v) is 5.61. The average Bonchev–Trinajstić information content (AvgIpc) is 3.42. The fourth-order valence-electron chi connectivity index (χ4n) is 5.61. The van der Waals surface area contributed by atoms with E-state index in [-0.39, 0.29) is 23.8 Å². The third-order valence-electron chi connectivity index (χ3n) is 7.55. The summed E-state index contributed by atoms with van der Waals surface area (Å²) >= 11 is 0. The number of aromatic nitrogens is 1. The van der Waals surface area contributed by atoms with E-state index in [1.165, 1.54) is 6.07 Å². The van der Waals surface area contributed by atoms with Crippen LogP contribution in [0.25, 0.3) is 16.6 Å². The maximum absolute atomic E-state index is 13.8. The molecular weight excluding hydrogens is 467 g/mol. The maximum Gasteiger partial charge on any atom is 0.253 e. The number of rotatable bonds is 4. The molecule has 7 nitrogen and oxygen atoms in total. The Morgan fingerprint density at radius 1 is 1.19 bits per heavy atom. The van der Waals surface area contributed by atoms with Gasteiger partial charge in [0.05, 0.1) is 17.1 Å². The molecule has 1 aromatic heterocycles. The fraction of sp³-hybridized carbons (Fsp3) is 0.276. The molecule has 4 heterocycles. The Labute approximate surface area is 215 Å². The second-order valence-corrected chi connectivity index (χ2v) is 10.1. The summed E-state index contributed by atoms with van der Waals surface area (Å²) in [6.45, 7) is 3.97. The van der Waals surface area contributed by atoms with Gasteiger partial charge in [-0.15, -0.1) is 0 Å². The van der Waals surface area contributed by atoms with Crippen molar-refractivity contribution in [3.63, 3.8) is 0 Å². The molecule has 2 aromatic carbocycles. The normalized spacial score (nSPS) is 21.3. The molecule has 0 saturated carbocycles. The highest BCUT2D eigenvalue weighted by Gasteiger charge is 2.33. The van der Waals surface area contributed by atoms with Crippen molar-refractivity contribution >= 4 is 28.2 Å². The second-order valence-electron chi connectivity index (χ2n) is 10.1. The topological polar surface area (TPSA) is 92.5 Å². The molecule has 0 bridgehead atoms. The lowest BCUT2D eigenvalue weighted by Crippen LogP contribution is -2.46. The van der Waals surface area contributed by atoms with Gasteiger partial charge in [0.1, 0.15) is 12.0 Å². The lowest BCUT2D eigenvalue weighted by atomic mass is 10.0. The van der Waals surface area contributed by atoms with Gasteiger partial charge in [0, 0.05) is 54.0 Å². The number of piperidine rings is 1. The molecule has 190 valence electrons. The first-order chi connectivity index (χ1) is 17.9. The van der Waals surface area contributed by atoms with Crippen LogP contribution in [-0.2, 0) is 11.3 Å². The zero-order valence-corrected chi connectivity index (χ0v) is 20.8. The first kappa shape index (κ1) is 23.4. The standard InChI is InChI=1S/C29H31FN6O/c1-18-28(33-27-15-21(10-12-35(18)27)29(37)34-11-4-6-22(31)17-34)26-14-20-5-2-3-7-25(20)36(26)16-19-8-9-23(30)24(32)13-19/h2-3,5,7-10,12-15,22,27,33H,4,6,11,16-17,31-32H2,1H3. The maximum atomic E-state index is 13.8. The summed E-state index contributed by atoms with van der Waals surface area (Å²) < 4.78 is 16.0. The molecular formula is C29H31FN6O. The molecule has 3 aliphatic heterocycles. The van der Waals surface area contributed by atoms with Crippen molar-refractivity contribution < 1.29 is 9.18 Å². The minimum Gasteiger partial charge on any atom is -0.396 e. The highest BCUT2D eigenvalue weighted by Crippen LogP contribution is 2.34. The molecule has 6 rings (SSSR count). The molecule has 2 atom stereocenters. The Balaban J connectivity index is 1.32. The van der Waals surface area contributed by atoms with E-state index in [9.17, 15) is 9.18 Å². The second kappa shape index (κ2) is 9.12. The molecule has 0 radical (unpaired) electrons. The Hall–Kier alpha value is -4.04. The van der Waals surface area contributed by atoms with Gasteiger partial charge in [0.2, 0.25) is 0 Å². The minimum atomic E-state index is -0.412. The van der Waals surface area contributed by atoms with E-state index in [2.05, 4.69) is 39.9 Å². The average molecular weight is 499 g/mol. The van der Waals surface area contributed by atoms with E-state index in [0.717, 1.165) is 52.9 Å². The molecule has 1 fully saturated rings. The number of carbonyl (C=O) groups excluding carboxylic acids is 1. The SMILES string of the molecule is CC1=C(c2cc3ccccc3n2Cc2ccc(F)c(N)c2)NC2C=C(C(=O)N3CCCC(N)C3)C=CN12. The van der Waals surface area contributed by atoms with Crippen LogP contribution in [0.2, 0.25) is 0 Å². The van der Waals surface area contributed by atoms with Crippen molar-refractivity contribution in [2.24, 2.45) is 5.73 Å². The van der Waals surface area contributed by atoms with E-state index in [1.807, 2.05) is 35.4 Å². The van der Waals surface area contributed by atoms with Crippen molar-refractivity contribution in [2.75, 3.05) is 18.8 Å². The zero-order valence-electron chi connectivity index (χ0n) is 20.8. The van der Waals surface area contributed by atoms with Gasteiger partial charge in [0.15, 0.2) is 0 Å². The van der Waals surface area contributed by atoms with E-state index in [4.69, 9.17) is 11.5 Å². The molecule has 3 aliphatic rings. The first-order valence-electron chi connectivity index (χ1n) is 12.7. The number of amides is 1. The summed E-state index contributed by atoms with van der Waals surface area (Å²) in [7, 11) is 0. The lowest BCUT2D eigenvalue weighted by Gasteiger charge is -2.32. The number of hydrogen-bond donors (Lipinski definition) is 3. The van der Waals surface area contributed by atoms with Crippen LogP contribution in [0.1, 0.15) is 31.0 Å². The van der Waals surface area contributed by atoms with Crippen LogP contribution in [0.15, 0.2) is 78.2 Å². The third-order valence-corrected chi connectivity index (χ3v) is 7.55. The Morgan fingerprint density at radius 3 is 2.84 bits per heavy atom. The van der Waals surface area contributed by atoms with Crippen LogP contribution in [0.4, 0.5) is 10.1 Å². The summed E-state index contributed by atoms with van der Waals surface area (Å²) in [5, 5.41) is 4.75. The number of carbonyl (C=O) groups is 1. The Kier molecular flexibility index (Phi) is 5.76. The number of halogens is 1. The first-order valence-corrected chi connectivity index (χ1v) is 12.7. The van der Waals surface area contributed by atoms with Gasteiger partial charge in [-0.25, -0.2) is 4.39 Å². The Bertz CT molecular complexity index is 1480. The number of hydrogen-bond acceptors (Lipinski definition) is 5. The predicted octanol–water partition coefficient (Wildman–Crippen LogP) is 3.73. The van der Waals surface area contributed by atoms with Gasteiger partial charge in [-0.2, -0.15) is 0 Å². The Morgan fingerprint density at radius 2 is 2.03 bits per heavy atom. The minimum absolute atomic E-state index is 0.0296. The monoisotopic (exact) mass is 498 g/mol. The van der Waals surface area contributed by atoms with E-state index in [1.54, 1.807) is 12.1 Å². The number of allylic oxidation sites excluding steroid dienone is 1. The van der Waals surface area contributed by atoms with Gasteiger partial charge in [-0.3, -0.25) is 4.79 Å². The van der Waals surface area contributed by atoms with Crippen LogP contribution in [0.5, 0.6) is 0 Å². The number of anilines is 1. The molecule has 3 aromatic rings. The largest absolute Gasteiger partial charge is 0.396 e. The number of nitrogen functional groups attached to an aromatic ring is 1. The van der Waals surface area contributed by atoms with Gasteiger partial charge in [0.25, 0.3) is 5.91 Å². The molecule has 1 amide bonds. The number of fused-ring (bicyclic) bond motifs is 2. The van der Waals surface area contributed by atoms with Crippen LogP contribution >= 0.6 is 0 Å². The van der Waals surface area contributed by atoms with Crippen LogP contribution in [-0.4, -0.2) is 45.6 Å². The molecule has 5 N–H and O–H groups in total. The van der Waals surface area contributed by atoms with E-state index < -0.39 is 5.82 Å². The van der Waals surface area contributed by atoms with Crippen LogP contribution in [0.3, 0.4) is 0 Å². The quantitative estimate of drug-likeness (QED) is 0.477. The molecule has 37 heavy (non-hydrogen) atoms. The smallest absolute Gasteiger partial charge is 0.253 e. The molecule has 8 heteroatoms. The molecule has 0 spiro atoms. The van der Waals surface area contributed by atoms with Crippen molar-refractivity contribution in [1.82, 2.24) is 19.7 Å². The summed E-state index contributed by atoms with van der Waals surface area (Å²) in [6.07, 6.45) is 7.60.